The predicted molar refractivity (Wildman–Crippen MR) is 48.2 cm³/mol. The van der Waals surface area contributed by atoms with E-state index in [-0.39, 0.29) is 11.8 Å². The van der Waals surface area contributed by atoms with Crippen LogP contribution in [0.2, 0.25) is 0 Å². The van der Waals surface area contributed by atoms with Gasteiger partial charge in [-0.2, -0.15) is 0 Å². The average Bonchev–Trinajstić information content (AvgIpc) is 2.86. The molecule has 76 valence electrons. The highest BCUT2D eigenvalue weighted by Crippen LogP contribution is 2.28. The number of aliphatic hydroxyl groups is 1. The monoisotopic (exact) mass is 187 g/mol. The van der Waals surface area contributed by atoms with Gasteiger partial charge in [0.05, 0.1) is 12.7 Å². The Morgan fingerprint density at radius 2 is 2.38 bits per heavy atom. The molecule has 2 N–H and O–H groups in total. The topological polar surface area (TPSA) is 58.6 Å². The van der Waals surface area contributed by atoms with Gasteiger partial charge in [0.15, 0.2) is 0 Å². The lowest BCUT2D eigenvalue weighted by Gasteiger charge is -2.09. The Hall–Kier alpha value is -0.610. The first-order valence-electron chi connectivity index (χ1n) is 4.68. The highest BCUT2D eigenvalue weighted by Gasteiger charge is 2.29. The molecule has 1 aliphatic rings. The van der Waals surface area contributed by atoms with Gasteiger partial charge in [0, 0.05) is 19.6 Å². The van der Waals surface area contributed by atoms with E-state index >= 15 is 0 Å². The van der Waals surface area contributed by atoms with Gasteiger partial charge in [-0.25, -0.2) is 0 Å². The van der Waals surface area contributed by atoms with Crippen LogP contribution in [-0.2, 0) is 9.53 Å². The summed E-state index contributed by atoms with van der Waals surface area (Å²) >= 11 is 0. The second kappa shape index (κ2) is 5.19. The SMILES string of the molecule is COCC(O)CCNC(=O)C1CC1. The molecule has 0 saturated heterocycles. The fourth-order valence-corrected chi connectivity index (χ4v) is 1.13. The number of aliphatic hydroxyl groups excluding tert-OH is 1. The normalized spacial score (nSPS) is 18.3. The van der Waals surface area contributed by atoms with E-state index in [1.54, 1.807) is 7.11 Å². The van der Waals surface area contributed by atoms with Crippen molar-refractivity contribution in [3.05, 3.63) is 0 Å². The first-order chi connectivity index (χ1) is 6.24. The molecule has 1 atom stereocenters. The lowest BCUT2D eigenvalue weighted by atomic mass is 10.2. The van der Waals surface area contributed by atoms with Gasteiger partial charge in [0.2, 0.25) is 5.91 Å². The Morgan fingerprint density at radius 1 is 1.69 bits per heavy atom. The summed E-state index contributed by atoms with van der Waals surface area (Å²) in [6.45, 7) is 0.874. The van der Waals surface area contributed by atoms with Crippen molar-refractivity contribution in [2.75, 3.05) is 20.3 Å². The minimum absolute atomic E-state index is 0.129. The van der Waals surface area contributed by atoms with Crippen molar-refractivity contribution in [1.29, 1.82) is 0 Å². The van der Waals surface area contributed by atoms with Crippen molar-refractivity contribution in [3.8, 4) is 0 Å². The minimum Gasteiger partial charge on any atom is -0.391 e. The molecule has 1 unspecified atom stereocenters. The molecule has 1 amide bonds. The zero-order valence-corrected chi connectivity index (χ0v) is 7.95. The van der Waals surface area contributed by atoms with Crippen LogP contribution in [0.4, 0.5) is 0 Å². The van der Waals surface area contributed by atoms with Crippen molar-refractivity contribution in [1.82, 2.24) is 5.32 Å². The summed E-state index contributed by atoms with van der Waals surface area (Å²) in [5.74, 6) is 0.379. The molecular weight excluding hydrogens is 170 g/mol. The number of carbonyl (C=O) groups is 1. The van der Waals surface area contributed by atoms with E-state index in [1.165, 1.54) is 0 Å². The second-order valence-corrected chi connectivity index (χ2v) is 3.46. The minimum atomic E-state index is -0.468. The van der Waals surface area contributed by atoms with E-state index < -0.39 is 6.10 Å². The number of rotatable bonds is 6. The van der Waals surface area contributed by atoms with Crippen molar-refractivity contribution in [2.45, 2.75) is 25.4 Å². The summed E-state index contributed by atoms with van der Waals surface area (Å²) in [5.41, 5.74) is 0. The smallest absolute Gasteiger partial charge is 0.223 e. The molecule has 1 saturated carbocycles. The predicted octanol–water partition coefficient (Wildman–Crippen LogP) is -0.0900. The number of ether oxygens (including phenoxy) is 1. The molecule has 1 rings (SSSR count). The fraction of sp³-hybridized carbons (Fsp3) is 0.889. The van der Waals surface area contributed by atoms with Gasteiger partial charge < -0.3 is 15.2 Å². The van der Waals surface area contributed by atoms with Crippen molar-refractivity contribution in [3.63, 3.8) is 0 Å². The molecule has 0 heterocycles. The lowest BCUT2D eigenvalue weighted by Crippen LogP contribution is -2.29. The molecule has 0 aromatic carbocycles. The Labute approximate surface area is 78.3 Å². The van der Waals surface area contributed by atoms with Gasteiger partial charge in [-0.3, -0.25) is 4.79 Å². The first kappa shape index (κ1) is 10.5. The molecule has 4 nitrogen and oxygen atoms in total. The summed E-state index contributed by atoms with van der Waals surface area (Å²) in [6, 6.07) is 0. The maximum atomic E-state index is 11.1. The van der Waals surface area contributed by atoms with Crippen LogP contribution in [0.3, 0.4) is 0 Å². The average molecular weight is 187 g/mol. The van der Waals surface area contributed by atoms with Crippen LogP contribution < -0.4 is 5.32 Å². The molecule has 0 aromatic rings. The second-order valence-electron chi connectivity index (χ2n) is 3.46. The molecule has 1 aliphatic carbocycles. The van der Waals surface area contributed by atoms with Crippen LogP contribution in [0.25, 0.3) is 0 Å². The summed E-state index contributed by atoms with van der Waals surface area (Å²) in [6.07, 6.45) is 2.13. The van der Waals surface area contributed by atoms with E-state index in [0.717, 1.165) is 12.8 Å². The van der Waals surface area contributed by atoms with Gasteiger partial charge >= 0.3 is 0 Å². The van der Waals surface area contributed by atoms with E-state index in [1.807, 2.05) is 0 Å². The maximum Gasteiger partial charge on any atom is 0.223 e. The van der Waals surface area contributed by atoms with E-state index in [0.29, 0.717) is 19.6 Å². The van der Waals surface area contributed by atoms with Gasteiger partial charge in [0.25, 0.3) is 0 Å². The molecule has 0 spiro atoms. The van der Waals surface area contributed by atoms with Crippen molar-refractivity contribution in [2.24, 2.45) is 5.92 Å². The summed E-state index contributed by atoms with van der Waals surface area (Å²) in [5, 5.41) is 12.0. The van der Waals surface area contributed by atoms with E-state index in [2.05, 4.69) is 5.32 Å². The van der Waals surface area contributed by atoms with Crippen LogP contribution >= 0.6 is 0 Å². The Kier molecular flexibility index (Phi) is 4.18. The summed E-state index contributed by atoms with van der Waals surface area (Å²) in [7, 11) is 1.55. The zero-order valence-electron chi connectivity index (χ0n) is 7.95. The van der Waals surface area contributed by atoms with Gasteiger partial charge in [-0.05, 0) is 19.3 Å². The van der Waals surface area contributed by atoms with Crippen LogP contribution in [0, 0.1) is 5.92 Å². The van der Waals surface area contributed by atoms with E-state index in [9.17, 15) is 9.90 Å². The van der Waals surface area contributed by atoms with Crippen molar-refractivity contribution < 1.29 is 14.6 Å². The zero-order chi connectivity index (χ0) is 9.68. The Morgan fingerprint density at radius 3 is 2.92 bits per heavy atom. The van der Waals surface area contributed by atoms with Crippen molar-refractivity contribution >= 4 is 5.91 Å². The molecule has 0 aliphatic heterocycles. The highest BCUT2D eigenvalue weighted by molar-refractivity contribution is 5.80. The quantitative estimate of drug-likeness (QED) is 0.611. The Balaban J connectivity index is 1.96. The van der Waals surface area contributed by atoms with Gasteiger partial charge in [0.1, 0.15) is 0 Å². The molecule has 0 radical (unpaired) electrons. The fourth-order valence-electron chi connectivity index (χ4n) is 1.13. The van der Waals surface area contributed by atoms with Gasteiger partial charge in [-0.1, -0.05) is 0 Å². The molecule has 4 heteroatoms. The molecule has 0 aromatic heterocycles. The largest absolute Gasteiger partial charge is 0.391 e. The molecule has 0 bridgehead atoms. The number of hydrogen-bond acceptors (Lipinski definition) is 3. The summed E-state index contributed by atoms with van der Waals surface area (Å²) in [4.78, 5) is 11.1. The lowest BCUT2D eigenvalue weighted by molar-refractivity contribution is -0.122. The highest BCUT2D eigenvalue weighted by atomic mass is 16.5. The van der Waals surface area contributed by atoms with Crippen LogP contribution in [0.1, 0.15) is 19.3 Å². The number of hydrogen-bond donors (Lipinski definition) is 2. The number of carbonyl (C=O) groups excluding carboxylic acids is 1. The Bertz CT molecular complexity index is 168. The van der Waals surface area contributed by atoms with Gasteiger partial charge in [-0.15, -0.1) is 0 Å². The number of amides is 1. The third-order valence-electron chi connectivity index (χ3n) is 2.08. The summed E-state index contributed by atoms with van der Waals surface area (Å²) < 4.78 is 4.76. The van der Waals surface area contributed by atoms with Crippen LogP contribution in [0.5, 0.6) is 0 Å². The first-order valence-corrected chi connectivity index (χ1v) is 4.68. The molecule has 13 heavy (non-hydrogen) atoms. The van der Waals surface area contributed by atoms with Crippen LogP contribution in [-0.4, -0.2) is 37.4 Å². The van der Waals surface area contributed by atoms with Crippen LogP contribution in [0.15, 0.2) is 0 Å². The molecular formula is C9H17NO3. The molecule has 1 fully saturated rings. The number of methoxy groups -OCH3 is 1. The number of nitrogens with one attached hydrogen (secondary N) is 1. The third kappa shape index (κ3) is 4.24. The standard InChI is InChI=1S/C9H17NO3/c1-13-6-8(11)4-5-10-9(12)7-2-3-7/h7-8,11H,2-6H2,1H3,(H,10,12). The maximum absolute atomic E-state index is 11.1. The third-order valence-corrected chi connectivity index (χ3v) is 2.08. The van der Waals surface area contributed by atoms with E-state index in [4.69, 9.17) is 4.74 Å².